The molecule has 338 valence electrons. The molecule has 1 aliphatic rings. The highest BCUT2D eigenvalue weighted by Gasteiger charge is 2.36. The van der Waals surface area contributed by atoms with Gasteiger partial charge in [-0.05, 0) is 85.2 Å². The Labute approximate surface area is 373 Å². The third kappa shape index (κ3) is 11.2. The van der Waals surface area contributed by atoms with E-state index in [0.717, 1.165) is 11.1 Å². The van der Waals surface area contributed by atoms with Crippen LogP contribution < -0.4 is 43.2 Å². The maximum Gasteiger partial charge on any atom is 0.255 e. The Morgan fingerprint density at radius 2 is 1.62 bits per heavy atom. The molecule has 5 amide bonds. The number of fused-ring (bicyclic) bond motifs is 5. The highest BCUT2D eigenvalue weighted by atomic mass is 16.5. The lowest BCUT2D eigenvalue weighted by Gasteiger charge is -2.32. The molecular weight excluding hydrogens is 815 g/mol. The van der Waals surface area contributed by atoms with E-state index in [1.54, 1.807) is 50.2 Å². The van der Waals surface area contributed by atoms with Crippen molar-refractivity contribution in [1.29, 1.82) is 5.26 Å². The van der Waals surface area contributed by atoms with E-state index in [0.29, 0.717) is 50.8 Å². The van der Waals surface area contributed by atoms with Gasteiger partial charge in [-0.25, -0.2) is 9.97 Å². The van der Waals surface area contributed by atoms with Gasteiger partial charge < -0.3 is 48.1 Å². The Balaban J connectivity index is 1.55. The molecule has 4 atom stereocenters. The molecule has 1 aromatic heterocycles. The van der Waals surface area contributed by atoms with E-state index in [2.05, 4.69) is 52.0 Å². The van der Waals surface area contributed by atoms with Gasteiger partial charge in [-0.1, -0.05) is 63.2 Å². The molecule has 17 nitrogen and oxygen atoms in total. The van der Waals surface area contributed by atoms with E-state index in [1.165, 1.54) is 18.9 Å². The Hall–Kier alpha value is -6.74. The summed E-state index contributed by atoms with van der Waals surface area (Å²) in [6.45, 7) is 11.4. The van der Waals surface area contributed by atoms with Crippen LogP contribution in [0.2, 0.25) is 0 Å². The van der Waals surface area contributed by atoms with E-state index in [1.807, 2.05) is 30.3 Å². The molecule has 0 aliphatic carbocycles. The summed E-state index contributed by atoms with van der Waals surface area (Å²) < 4.78 is 6.06. The third-order valence-corrected chi connectivity index (χ3v) is 11.1. The van der Waals surface area contributed by atoms with Gasteiger partial charge in [-0.15, -0.1) is 0 Å². The number of hydrogen-bond acceptors (Lipinski definition) is 12. The van der Waals surface area contributed by atoms with Crippen LogP contribution in [0.1, 0.15) is 84.2 Å². The molecule has 2 heterocycles. The minimum absolute atomic E-state index is 0.0108. The lowest BCUT2D eigenvalue weighted by atomic mass is 9.86. The second kappa shape index (κ2) is 21.1. The number of nitriles is 1. The Kier molecular flexibility index (Phi) is 15.9. The fourth-order valence-electron chi connectivity index (χ4n) is 7.62. The number of rotatable bonds is 13. The molecule has 4 bridgehead atoms. The zero-order valence-corrected chi connectivity index (χ0v) is 37.5. The van der Waals surface area contributed by atoms with Gasteiger partial charge in [0, 0.05) is 37.7 Å². The van der Waals surface area contributed by atoms with Crippen LogP contribution in [0, 0.1) is 25.2 Å². The van der Waals surface area contributed by atoms with Gasteiger partial charge in [0.05, 0.1) is 23.0 Å². The van der Waals surface area contributed by atoms with Crippen LogP contribution in [-0.4, -0.2) is 95.8 Å². The molecule has 0 saturated heterocycles. The van der Waals surface area contributed by atoms with Crippen molar-refractivity contribution < 1.29 is 28.7 Å². The smallest absolute Gasteiger partial charge is 0.255 e. The van der Waals surface area contributed by atoms with Gasteiger partial charge in [0.25, 0.3) is 5.91 Å². The molecule has 0 spiro atoms. The largest absolute Gasteiger partial charge is 0.492 e. The average Bonchev–Trinajstić information content (AvgIpc) is 3.26. The van der Waals surface area contributed by atoms with E-state index < -0.39 is 53.7 Å². The molecule has 4 aromatic rings. The van der Waals surface area contributed by atoms with E-state index >= 15 is 0 Å². The van der Waals surface area contributed by atoms with E-state index in [4.69, 9.17) is 27.2 Å². The van der Waals surface area contributed by atoms with Gasteiger partial charge in [0.2, 0.25) is 23.6 Å². The van der Waals surface area contributed by atoms with Crippen LogP contribution in [0.25, 0.3) is 22.5 Å². The molecule has 0 fully saturated rings. The Morgan fingerprint density at radius 3 is 2.23 bits per heavy atom. The molecule has 0 radical (unpaired) electrons. The minimum atomic E-state index is -1.37. The van der Waals surface area contributed by atoms with Crippen LogP contribution in [0.4, 0.5) is 0 Å². The van der Waals surface area contributed by atoms with Gasteiger partial charge in [-0.3, -0.25) is 24.0 Å². The van der Waals surface area contributed by atoms with Crippen LogP contribution in [0.3, 0.4) is 0 Å². The number of benzene rings is 3. The molecule has 3 aromatic carbocycles. The first kappa shape index (κ1) is 48.3. The monoisotopic (exact) mass is 873 g/mol. The van der Waals surface area contributed by atoms with Gasteiger partial charge in [0.1, 0.15) is 43.1 Å². The number of carbonyl (C=O) groups is 5. The molecule has 10 N–H and O–H groups in total. The van der Waals surface area contributed by atoms with E-state index in [-0.39, 0.29) is 56.6 Å². The molecule has 1 aliphatic heterocycles. The number of nitrogens with two attached hydrogens (primary N) is 3. The lowest BCUT2D eigenvalue weighted by molar-refractivity contribution is -0.141. The van der Waals surface area contributed by atoms with Crippen molar-refractivity contribution in [3.05, 3.63) is 99.9 Å². The molecular formula is C47H59N11O6. The molecule has 0 saturated carbocycles. The van der Waals surface area contributed by atoms with Crippen LogP contribution >= 0.6 is 0 Å². The summed E-state index contributed by atoms with van der Waals surface area (Å²) in [6, 6.07) is 15.4. The molecule has 5 rings (SSSR count). The quantitative estimate of drug-likeness (QED) is 0.0955. The summed E-state index contributed by atoms with van der Waals surface area (Å²) in [5, 5.41) is 19.9. The Morgan fingerprint density at radius 1 is 0.938 bits per heavy atom. The SMILES string of the molecule is Cc1nc(-c2ccc(C(C)(C)C)cc2)nc(C)c1C(=O)NC(CCN)C(=O)N(C)[C@@H]1C(=O)N[C@@H](C)C(=O)N[C@H](C(=O)NCC#N)Cc2ccc(OCCN)c(c2)-c2cc1ccc2CN. The number of aryl methyl sites for hydroxylation is 2. The minimum Gasteiger partial charge on any atom is -0.492 e. The van der Waals surface area contributed by atoms with Crippen molar-refractivity contribution in [1.82, 2.24) is 36.1 Å². The summed E-state index contributed by atoms with van der Waals surface area (Å²) in [5.41, 5.74) is 23.8. The first-order chi connectivity index (χ1) is 30.4. The van der Waals surface area contributed by atoms with Crippen molar-refractivity contribution in [3.8, 4) is 34.3 Å². The van der Waals surface area contributed by atoms with Crippen LogP contribution in [0.15, 0.2) is 60.7 Å². The summed E-state index contributed by atoms with van der Waals surface area (Å²) >= 11 is 0. The van der Waals surface area contributed by atoms with Gasteiger partial charge in [0.15, 0.2) is 5.82 Å². The second-order valence-electron chi connectivity index (χ2n) is 16.8. The number of nitrogens with zero attached hydrogens (tertiary/aromatic N) is 4. The maximum atomic E-state index is 14.7. The van der Waals surface area contributed by atoms with Crippen LogP contribution in [-0.2, 0) is 37.6 Å². The molecule has 64 heavy (non-hydrogen) atoms. The van der Waals surface area contributed by atoms with E-state index in [9.17, 15) is 24.0 Å². The van der Waals surface area contributed by atoms with Crippen molar-refractivity contribution in [3.63, 3.8) is 0 Å². The summed E-state index contributed by atoms with van der Waals surface area (Å²) in [4.78, 5) is 80.7. The summed E-state index contributed by atoms with van der Waals surface area (Å²) in [5.74, 6) is -2.38. The van der Waals surface area contributed by atoms with Crippen molar-refractivity contribution in [2.24, 2.45) is 17.2 Å². The highest BCUT2D eigenvalue weighted by Crippen LogP contribution is 2.37. The average molecular weight is 874 g/mol. The standard InChI is InChI=1S/C47H59N11O6/c1-26-39(27(2)54-41(53-26)30-11-13-33(14-12-30)47(4,5)6)44(61)56-36(16-17-48)46(63)58(7)40-31-9-10-32(25-51)34(24-31)35-22-29(8-15-38(35)64-21-19-50)23-37(43(60)52-20-18-49)57-42(59)28(3)55-45(40)62/h8-15,22,24,28,36-37,40H,16-17,19-21,23,25,48,50-51H2,1-7H3,(H,52,60)(H,55,62)(H,56,61)(H,57,59)/t28-,36?,37-,40-/m0/s1. The first-order valence-corrected chi connectivity index (χ1v) is 21.2. The van der Waals surface area contributed by atoms with Crippen molar-refractivity contribution in [2.75, 3.05) is 33.3 Å². The van der Waals surface area contributed by atoms with Crippen molar-refractivity contribution in [2.45, 2.75) is 90.5 Å². The highest BCUT2D eigenvalue weighted by molar-refractivity contribution is 6.00. The predicted octanol–water partition coefficient (Wildman–Crippen LogP) is 2.35. The van der Waals surface area contributed by atoms with Gasteiger partial charge >= 0.3 is 0 Å². The molecule has 17 heteroatoms. The molecule has 1 unspecified atom stereocenters. The number of nitrogens with one attached hydrogen (secondary N) is 4. The summed E-state index contributed by atoms with van der Waals surface area (Å²) in [7, 11) is 1.43. The number of amides is 5. The van der Waals surface area contributed by atoms with Gasteiger partial charge in [-0.2, -0.15) is 5.26 Å². The summed E-state index contributed by atoms with van der Waals surface area (Å²) in [6.07, 6.45) is 0.0425. The number of hydrogen-bond donors (Lipinski definition) is 7. The zero-order valence-electron chi connectivity index (χ0n) is 37.5. The Bertz CT molecular complexity index is 2400. The third-order valence-electron chi connectivity index (χ3n) is 11.1. The predicted molar refractivity (Wildman–Crippen MR) is 242 cm³/mol. The lowest BCUT2D eigenvalue weighted by Crippen LogP contribution is -2.56. The number of likely N-dealkylation sites (N-methyl/N-ethyl adjacent to an activating group) is 1. The fourth-order valence-corrected chi connectivity index (χ4v) is 7.62. The van der Waals surface area contributed by atoms with Crippen molar-refractivity contribution >= 4 is 29.5 Å². The number of ether oxygens (including phenoxy) is 1. The maximum absolute atomic E-state index is 14.7. The number of aromatic nitrogens is 2. The second-order valence-corrected chi connectivity index (χ2v) is 16.8. The fraction of sp³-hybridized carbons (Fsp3) is 0.404. The topological polar surface area (TPSA) is 274 Å². The number of carbonyl (C=O) groups excluding carboxylic acids is 5. The zero-order chi connectivity index (χ0) is 46.9. The normalized spacial score (nSPS) is 16.9. The van der Waals surface area contributed by atoms with Crippen LogP contribution in [0.5, 0.6) is 5.75 Å². The first-order valence-electron chi connectivity index (χ1n) is 21.2.